The molecule has 1 heterocycles. The summed E-state index contributed by atoms with van der Waals surface area (Å²) in [4.78, 5) is 15.6. The van der Waals surface area contributed by atoms with Crippen molar-refractivity contribution < 1.29 is 4.79 Å². The third-order valence-corrected chi connectivity index (χ3v) is 2.75. The van der Waals surface area contributed by atoms with Crippen LogP contribution in [0.1, 0.15) is 37.0 Å². The van der Waals surface area contributed by atoms with Crippen LogP contribution in [0.15, 0.2) is 18.3 Å². The van der Waals surface area contributed by atoms with E-state index in [4.69, 9.17) is 5.73 Å². The molecule has 0 aliphatic carbocycles. The molecule has 0 aromatic carbocycles. The number of carbonyl (C=O) groups is 1. The first-order valence-electron chi connectivity index (χ1n) is 5.67. The number of carbonyl (C=O) groups excluding carboxylic acids is 1. The van der Waals surface area contributed by atoms with Crippen LogP contribution < -0.4 is 11.1 Å². The summed E-state index contributed by atoms with van der Waals surface area (Å²) in [6.07, 6.45) is 3.70. The number of aromatic nitrogens is 1. The molecule has 16 heavy (non-hydrogen) atoms. The number of anilines is 1. The molecule has 0 saturated carbocycles. The SMILES string of the molecule is CCC(CC)CNC(=O)c1ccnc(N)c1. The zero-order chi connectivity index (χ0) is 12.0. The summed E-state index contributed by atoms with van der Waals surface area (Å²) in [7, 11) is 0. The molecule has 0 unspecified atom stereocenters. The minimum atomic E-state index is -0.0824. The van der Waals surface area contributed by atoms with E-state index in [0.717, 1.165) is 12.8 Å². The minimum Gasteiger partial charge on any atom is -0.384 e. The molecular weight excluding hydrogens is 202 g/mol. The Hall–Kier alpha value is -1.58. The smallest absolute Gasteiger partial charge is 0.251 e. The van der Waals surface area contributed by atoms with Gasteiger partial charge < -0.3 is 11.1 Å². The van der Waals surface area contributed by atoms with E-state index in [2.05, 4.69) is 24.1 Å². The minimum absolute atomic E-state index is 0.0824. The van der Waals surface area contributed by atoms with Gasteiger partial charge in [-0.2, -0.15) is 0 Å². The van der Waals surface area contributed by atoms with Gasteiger partial charge in [0, 0.05) is 18.3 Å². The summed E-state index contributed by atoms with van der Waals surface area (Å²) in [5.74, 6) is 0.833. The molecule has 1 aromatic rings. The van der Waals surface area contributed by atoms with Gasteiger partial charge in [-0.05, 0) is 18.1 Å². The molecular formula is C12H19N3O. The summed E-state index contributed by atoms with van der Waals surface area (Å²) < 4.78 is 0. The molecule has 1 amide bonds. The van der Waals surface area contributed by atoms with Crippen molar-refractivity contribution in [2.45, 2.75) is 26.7 Å². The van der Waals surface area contributed by atoms with Crippen molar-refractivity contribution in [1.29, 1.82) is 0 Å². The normalized spacial score (nSPS) is 10.4. The Bertz CT molecular complexity index is 348. The standard InChI is InChI=1S/C12H19N3O/c1-3-9(4-2)8-15-12(16)10-5-6-14-11(13)7-10/h5-7,9H,3-4,8H2,1-2H3,(H2,13,14)(H,15,16). The van der Waals surface area contributed by atoms with E-state index >= 15 is 0 Å². The molecule has 0 aliphatic heterocycles. The van der Waals surface area contributed by atoms with Gasteiger partial charge in [0.15, 0.2) is 0 Å². The van der Waals surface area contributed by atoms with Crippen molar-refractivity contribution in [2.75, 3.05) is 12.3 Å². The van der Waals surface area contributed by atoms with Crippen LogP contribution in [0.5, 0.6) is 0 Å². The summed E-state index contributed by atoms with van der Waals surface area (Å²) in [5.41, 5.74) is 6.08. The van der Waals surface area contributed by atoms with Gasteiger partial charge in [-0.3, -0.25) is 4.79 Å². The summed E-state index contributed by atoms with van der Waals surface area (Å²) in [5, 5.41) is 2.91. The van der Waals surface area contributed by atoms with Crippen molar-refractivity contribution in [3.63, 3.8) is 0 Å². The Morgan fingerprint density at radius 3 is 2.75 bits per heavy atom. The summed E-state index contributed by atoms with van der Waals surface area (Å²) >= 11 is 0. The van der Waals surface area contributed by atoms with Gasteiger partial charge in [0.05, 0.1) is 0 Å². The average molecular weight is 221 g/mol. The maximum atomic E-state index is 11.7. The molecule has 3 N–H and O–H groups in total. The van der Waals surface area contributed by atoms with Crippen molar-refractivity contribution in [2.24, 2.45) is 5.92 Å². The van der Waals surface area contributed by atoms with Gasteiger partial charge in [0.1, 0.15) is 5.82 Å². The number of pyridine rings is 1. The lowest BCUT2D eigenvalue weighted by molar-refractivity contribution is 0.0946. The molecule has 0 saturated heterocycles. The molecule has 0 radical (unpaired) electrons. The lowest BCUT2D eigenvalue weighted by Gasteiger charge is -2.13. The van der Waals surface area contributed by atoms with E-state index in [0.29, 0.717) is 23.8 Å². The first-order valence-corrected chi connectivity index (χ1v) is 5.67. The maximum absolute atomic E-state index is 11.7. The van der Waals surface area contributed by atoms with Gasteiger partial charge in [-0.25, -0.2) is 4.98 Å². The molecule has 88 valence electrons. The Morgan fingerprint density at radius 1 is 1.50 bits per heavy atom. The highest BCUT2D eigenvalue weighted by molar-refractivity contribution is 5.94. The molecule has 4 heteroatoms. The second-order valence-electron chi connectivity index (χ2n) is 3.86. The number of hydrogen-bond donors (Lipinski definition) is 2. The van der Waals surface area contributed by atoms with E-state index in [1.807, 2.05) is 0 Å². The molecule has 0 atom stereocenters. The fourth-order valence-corrected chi connectivity index (χ4v) is 1.51. The highest BCUT2D eigenvalue weighted by Crippen LogP contribution is 2.07. The molecule has 0 fully saturated rings. The Labute approximate surface area is 96.3 Å². The number of nitrogens with two attached hydrogens (primary N) is 1. The predicted octanol–water partition coefficient (Wildman–Crippen LogP) is 1.83. The first kappa shape index (κ1) is 12.5. The third-order valence-electron chi connectivity index (χ3n) is 2.75. The van der Waals surface area contributed by atoms with E-state index in [1.54, 1.807) is 18.3 Å². The lowest BCUT2D eigenvalue weighted by Crippen LogP contribution is -2.29. The third kappa shape index (κ3) is 3.53. The van der Waals surface area contributed by atoms with E-state index in [1.165, 1.54) is 0 Å². The number of amides is 1. The second-order valence-corrected chi connectivity index (χ2v) is 3.86. The van der Waals surface area contributed by atoms with Gasteiger partial charge in [0.2, 0.25) is 0 Å². The lowest BCUT2D eigenvalue weighted by atomic mass is 10.0. The number of hydrogen-bond acceptors (Lipinski definition) is 3. The van der Waals surface area contributed by atoms with Gasteiger partial charge >= 0.3 is 0 Å². The highest BCUT2D eigenvalue weighted by Gasteiger charge is 2.08. The summed E-state index contributed by atoms with van der Waals surface area (Å²) in [6.45, 7) is 4.98. The van der Waals surface area contributed by atoms with E-state index < -0.39 is 0 Å². The number of nitrogen functional groups attached to an aromatic ring is 1. The average Bonchev–Trinajstić information content (AvgIpc) is 2.30. The van der Waals surface area contributed by atoms with Crippen LogP contribution in [-0.2, 0) is 0 Å². The predicted molar refractivity (Wildman–Crippen MR) is 65.1 cm³/mol. The van der Waals surface area contributed by atoms with E-state index in [-0.39, 0.29) is 5.91 Å². The zero-order valence-corrected chi connectivity index (χ0v) is 9.86. The first-order chi connectivity index (χ1) is 7.67. The summed E-state index contributed by atoms with van der Waals surface area (Å²) in [6, 6.07) is 3.25. The van der Waals surface area contributed by atoms with Gasteiger partial charge in [-0.1, -0.05) is 26.7 Å². The second kappa shape index (κ2) is 6.10. The molecule has 4 nitrogen and oxygen atoms in total. The van der Waals surface area contributed by atoms with Crippen LogP contribution in [0.4, 0.5) is 5.82 Å². The van der Waals surface area contributed by atoms with Crippen LogP contribution in [0.25, 0.3) is 0 Å². The zero-order valence-electron chi connectivity index (χ0n) is 9.86. The van der Waals surface area contributed by atoms with Crippen LogP contribution >= 0.6 is 0 Å². The number of rotatable bonds is 5. The van der Waals surface area contributed by atoms with Crippen molar-refractivity contribution in [3.05, 3.63) is 23.9 Å². The molecule has 0 spiro atoms. The van der Waals surface area contributed by atoms with Crippen LogP contribution in [0.3, 0.4) is 0 Å². The van der Waals surface area contributed by atoms with Crippen LogP contribution in [0.2, 0.25) is 0 Å². The molecule has 1 rings (SSSR count). The molecule has 0 bridgehead atoms. The fraction of sp³-hybridized carbons (Fsp3) is 0.500. The Balaban J connectivity index is 2.52. The van der Waals surface area contributed by atoms with Crippen molar-refractivity contribution in [1.82, 2.24) is 10.3 Å². The van der Waals surface area contributed by atoms with Gasteiger partial charge in [-0.15, -0.1) is 0 Å². The van der Waals surface area contributed by atoms with Crippen molar-refractivity contribution >= 4 is 11.7 Å². The highest BCUT2D eigenvalue weighted by atomic mass is 16.1. The largest absolute Gasteiger partial charge is 0.384 e. The van der Waals surface area contributed by atoms with Gasteiger partial charge in [0.25, 0.3) is 5.91 Å². The maximum Gasteiger partial charge on any atom is 0.251 e. The molecule has 1 aromatic heterocycles. The Kier molecular flexibility index (Phi) is 4.76. The number of nitrogens with zero attached hydrogens (tertiary/aromatic N) is 1. The van der Waals surface area contributed by atoms with Crippen LogP contribution in [-0.4, -0.2) is 17.4 Å². The monoisotopic (exact) mass is 221 g/mol. The fourth-order valence-electron chi connectivity index (χ4n) is 1.51. The molecule has 0 aliphatic rings. The number of nitrogens with one attached hydrogen (secondary N) is 1. The topological polar surface area (TPSA) is 68.0 Å². The van der Waals surface area contributed by atoms with E-state index in [9.17, 15) is 4.79 Å². The van der Waals surface area contributed by atoms with Crippen LogP contribution in [0, 0.1) is 5.92 Å². The van der Waals surface area contributed by atoms with Crippen molar-refractivity contribution in [3.8, 4) is 0 Å². The Morgan fingerprint density at radius 2 is 2.19 bits per heavy atom. The quantitative estimate of drug-likeness (QED) is 0.797.